The summed E-state index contributed by atoms with van der Waals surface area (Å²) < 4.78 is 37.4. The molecule has 6 heteroatoms. The summed E-state index contributed by atoms with van der Waals surface area (Å²) in [5.41, 5.74) is 0. The lowest BCUT2D eigenvalue weighted by Crippen LogP contribution is -1.93. The van der Waals surface area contributed by atoms with Gasteiger partial charge < -0.3 is 0 Å². The summed E-state index contributed by atoms with van der Waals surface area (Å²) in [6.45, 7) is 0. The van der Waals surface area contributed by atoms with Crippen molar-refractivity contribution in [1.29, 1.82) is 0 Å². The molecule has 0 saturated heterocycles. The van der Waals surface area contributed by atoms with Crippen LogP contribution >= 0.6 is 39.1 Å². The van der Waals surface area contributed by atoms with Crippen LogP contribution in [0, 0.1) is 17.5 Å². The van der Waals surface area contributed by atoms with Crippen molar-refractivity contribution >= 4 is 39.1 Å². The van der Waals surface area contributed by atoms with E-state index in [0.29, 0.717) is 0 Å². The molecule has 0 N–H and O–H groups in total. The summed E-state index contributed by atoms with van der Waals surface area (Å²) in [5, 5.41) is -1.39. The zero-order valence-corrected chi connectivity index (χ0v) is 8.37. The molecule has 12 heavy (non-hydrogen) atoms. The Kier molecular flexibility index (Phi) is 2.91. The lowest BCUT2D eigenvalue weighted by atomic mass is 10.3. The molecular weight excluding hydrogens is 280 g/mol. The van der Waals surface area contributed by atoms with Crippen molar-refractivity contribution in [3.8, 4) is 0 Å². The number of hydrogen-bond acceptors (Lipinski definition) is 0. The topological polar surface area (TPSA) is 0 Å². The van der Waals surface area contributed by atoms with Gasteiger partial charge in [-0.3, -0.25) is 0 Å². The van der Waals surface area contributed by atoms with Crippen molar-refractivity contribution in [3.05, 3.63) is 32.0 Å². The molecule has 0 heterocycles. The van der Waals surface area contributed by atoms with Gasteiger partial charge in [0.05, 0.1) is 9.50 Å². The van der Waals surface area contributed by atoms with E-state index in [1.54, 1.807) is 0 Å². The Hall–Kier alpha value is 0.0700. The van der Waals surface area contributed by atoms with E-state index < -0.39 is 32.0 Å². The van der Waals surface area contributed by atoms with Gasteiger partial charge in [0.15, 0.2) is 17.5 Å². The molecule has 0 bridgehead atoms. The zero-order valence-electron chi connectivity index (χ0n) is 5.27. The van der Waals surface area contributed by atoms with Crippen LogP contribution < -0.4 is 0 Å². The predicted octanol–water partition coefficient (Wildman–Crippen LogP) is 4.17. The van der Waals surface area contributed by atoms with E-state index in [1.807, 2.05) is 0 Å². The number of rotatable bonds is 0. The summed E-state index contributed by atoms with van der Waals surface area (Å²) in [4.78, 5) is 0. The van der Waals surface area contributed by atoms with E-state index >= 15 is 0 Å². The maximum absolute atomic E-state index is 12.8. The van der Waals surface area contributed by atoms with Gasteiger partial charge in [-0.2, -0.15) is 0 Å². The predicted molar refractivity (Wildman–Crippen MR) is 44.0 cm³/mol. The van der Waals surface area contributed by atoms with Gasteiger partial charge in [0.2, 0.25) is 0 Å². The van der Waals surface area contributed by atoms with Crippen molar-refractivity contribution in [2.75, 3.05) is 0 Å². The highest BCUT2D eigenvalue weighted by atomic mass is 79.9. The molecule has 0 aliphatic carbocycles. The summed E-state index contributed by atoms with van der Waals surface area (Å²) in [6.07, 6.45) is 0. The van der Waals surface area contributed by atoms with E-state index in [9.17, 15) is 13.2 Å². The highest BCUT2D eigenvalue weighted by Gasteiger charge is 2.20. The van der Waals surface area contributed by atoms with Crippen molar-refractivity contribution in [2.45, 2.75) is 0 Å². The van der Waals surface area contributed by atoms with Crippen LogP contribution in [0.25, 0.3) is 0 Å². The van der Waals surface area contributed by atoms with Gasteiger partial charge in [0.1, 0.15) is 5.02 Å². The first-order chi connectivity index (χ1) is 5.46. The first-order valence-electron chi connectivity index (χ1n) is 2.63. The lowest BCUT2D eigenvalue weighted by Gasteiger charge is -2.03. The van der Waals surface area contributed by atoms with E-state index in [4.69, 9.17) is 23.2 Å². The minimum absolute atomic E-state index is 0.637. The molecule has 0 amide bonds. The van der Waals surface area contributed by atoms with Crippen LogP contribution in [0.2, 0.25) is 10.0 Å². The molecule has 0 aliphatic heterocycles. The molecule has 1 aromatic carbocycles. The standard InChI is InChI=1S/C6BrCl2F3/c7-1-4(10)2(8)3(9)6(12)5(1)11. The summed E-state index contributed by atoms with van der Waals surface area (Å²) >= 11 is 12.9. The van der Waals surface area contributed by atoms with Crippen LogP contribution in [0.15, 0.2) is 4.47 Å². The van der Waals surface area contributed by atoms with Crippen LogP contribution in [-0.4, -0.2) is 0 Å². The third-order valence-corrected chi connectivity index (χ3v) is 2.66. The molecule has 0 spiro atoms. The second kappa shape index (κ2) is 3.44. The largest absolute Gasteiger partial charge is 0.204 e. The van der Waals surface area contributed by atoms with Crippen LogP contribution in [0.1, 0.15) is 0 Å². The van der Waals surface area contributed by atoms with Crippen LogP contribution in [0.4, 0.5) is 13.2 Å². The smallest absolute Gasteiger partial charge is 0.180 e. The van der Waals surface area contributed by atoms with Gasteiger partial charge >= 0.3 is 0 Å². The molecule has 0 saturated carbocycles. The fourth-order valence-corrected chi connectivity index (χ4v) is 1.41. The van der Waals surface area contributed by atoms with Gasteiger partial charge in [-0.25, -0.2) is 13.2 Å². The normalized spacial score (nSPS) is 10.5. The molecule has 0 unspecified atom stereocenters. The Morgan fingerprint density at radius 3 is 1.75 bits per heavy atom. The monoisotopic (exact) mass is 278 g/mol. The van der Waals surface area contributed by atoms with Crippen molar-refractivity contribution in [1.82, 2.24) is 0 Å². The van der Waals surface area contributed by atoms with Crippen molar-refractivity contribution < 1.29 is 13.2 Å². The molecule has 0 radical (unpaired) electrons. The van der Waals surface area contributed by atoms with Gasteiger partial charge in [-0.05, 0) is 15.9 Å². The van der Waals surface area contributed by atoms with Crippen LogP contribution in [0.5, 0.6) is 0 Å². The number of benzene rings is 1. The first kappa shape index (κ1) is 10.2. The van der Waals surface area contributed by atoms with E-state index in [-0.39, 0.29) is 0 Å². The quantitative estimate of drug-likeness (QED) is 0.494. The Balaban J connectivity index is 3.60. The molecule has 66 valence electrons. The third-order valence-electron chi connectivity index (χ3n) is 1.16. The van der Waals surface area contributed by atoms with E-state index in [1.165, 1.54) is 0 Å². The SMILES string of the molecule is Fc1c(F)c(Br)c(F)c(Cl)c1Cl. The number of halogens is 6. The molecule has 0 fully saturated rings. The van der Waals surface area contributed by atoms with E-state index in [0.717, 1.165) is 0 Å². The second-order valence-electron chi connectivity index (χ2n) is 1.88. The van der Waals surface area contributed by atoms with Crippen LogP contribution in [-0.2, 0) is 0 Å². The second-order valence-corrected chi connectivity index (χ2v) is 3.43. The highest BCUT2D eigenvalue weighted by Crippen LogP contribution is 2.35. The van der Waals surface area contributed by atoms with Gasteiger partial charge in [-0.1, -0.05) is 23.2 Å². The lowest BCUT2D eigenvalue weighted by molar-refractivity contribution is 0.488. The Morgan fingerprint density at radius 2 is 1.25 bits per heavy atom. The van der Waals surface area contributed by atoms with Crippen molar-refractivity contribution in [3.63, 3.8) is 0 Å². The Labute approximate surface area is 84.4 Å². The molecule has 0 aliphatic rings. The Bertz CT molecular complexity index is 235. The highest BCUT2D eigenvalue weighted by molar-refractivity contribution is 9.10. The average molecular weight is 280 g/mol. The molecule has 0 aromatic heterocycles. The summed E-state index contributed by atoms with van der Waals surface area (Å²) in [7, 11) is 0. The van der Waals surface area contributed by atoms with Gasteiger partial charge in [-0.15, -0.1) is 0 Å². The van der Waals surface area contributed by atoms with Gasteiger partial charge in [0.25, 0.3) is 0 Å². The zero-order chi connectivity index (χ0) is 9.46. The average Bonchev–Trinajstić information content (AvgIpc) is 2.08. The fraction of sp³-hybridized carbons (Fsp3) is 0. The molecule has 1 rings (SSSR count). The molecule has 1 aromatic rings. The van der Waals surface area contributed by atoms with E-state index in [2.05, 4.69) is 15.9 Å². The molecule has 0 atom stereocenters. The first-order valence-corrected chi connectivity index (χ1v) is 4.18. The molecule has 0 nitrogen and oxygen atoms in total. The fourth-order valence-electron chi connectivity index (χ4n) is 0.578. The molecular formula is C6BrCl2F3. The van der Waals surface area contributed by atoms with Gasteiger partial charge in [0, 0.05) is 0 Å². The van der Waals surface area contributed by atoms with Crippen molar-refractivity contribution in [2.24, 2.45) is 0 Å². The maximum atomic E-state index is 12.8. The third kappa shape index (κ3) is 1.43. The minimum Gasteiger partial charge on any atom is -0.204 e. The Morgan fingerprint density at radius 1 is 0.833 bits per heavy atom. The summed E-state index contributed by atoms with van der Waals surface area (Å²) in [6, 6.07) is 0. The maximum Gasteiger partial charge on any atom is 0.180 e. The van der Waals surface area contributed by atoms with Crippen LogP contribution in [0.3, 0.4) is 0 Å². The summed E-state index contributed by atoms with van der Waals surface area (Å²) in [5.74, 6) is -3.86. The number of hydrogen-bond donors (Lipinski definition) is 0. The minimum atomic E-state index is -1.39.